The van der Waals surface area contributed by atoms with Gasteiger partial charge in [0, 0.05) is 16.0 Å². The number of ether oxygens (including phenoxy) is 1. The normalized spacial score (nSPS) is 11.9. The van der Waals surface area contributed by atoms with Crippen LogP contribution in [0.5, 0.6) is 5.75 Å². The van der Waals surface area contributed by atoms with Gasteiger partial charge in [-0.1, -0.05) is 29.3 Å². The lowest BCUT2D eigenvalue weighted by Gasteiger charge is -2.13. The number of amides is 1. The molecular weight excluding hydrogens is 380 g/mol. The number of thiazole rings is 1. The third kappa shape index (κ3) is 4.67. The van der Waals surface area contributed by atoms with E-state index in [-0.39, 0.29) is 5.91 Å². The number of carbonyl (C=O) groups is 1. The quantitative estimate of drug-likeness (QED) is 0.589. The first-order chi connectivity index (χ1) is 12.8. The van der Waals surface area contributed by atoms with Gasteiger partial charge in [-0.3, -0.25) is 10.1 Å². The maximum atomic E-state index is 12.4. The minimum absolute atomic E-state index is 0.247. The van der Waals surface area contributed by atoms with E-state index in [9.17, 15) is 4.79 Å². The van der Waals surface area contributed by atoms with Gasteiger partial charge in [0.15, 0.2) is 11.2 Å². The minimum atomic E-state index is -0.652. The van der Waals surface area contributed by atoms with Crippen molar-refractivity contribution in [2.75, 3.05) is 5.32 Å². The third-order valence-electron chi connectivity index (χ3n) is 4.16. The van der Waals surface area contributed by atoms with Crippen LogP contribution < -0.4 is 10.1 Å². The van der Waals surface area contributed by atoms with Gasteiger partial charge in [-0.15, -0.1) is 11.3 Å². The Balaban J connectivity index is 1.70. The van der Waals surface area contributed by atoms with Gasteiger partial charge in [0.25, 0.3) is 5.91 Å². The number of halogens is 1. The summed E-state index contributed by atoms with van der Waals surface area (Å²) in [6.45, 7) is 7.94. The van der Waals surface area contributed by atoms with Crippen LogP contribution in [0.3, 0.4) is 0 Å². The van der Waals surface area contributed by atoms with E-state index in [0.717, 1.165) is 11.3 Å². The van der Waals surface area contributed by atoms with E-state index in [1.54, 1.807) is 31.2 Å². The highest BCUT2D eigenvalue weighted by Gasteiger charge is 2.17. The Hall–Kier alpha value is -2.37. The van der Waals surface area contributed by atoms with Crippen LogP contribution in [0.15, 0.2) is 41.8 Å². The Morgan fingerprint density at radius 1 is 1.15 bits per heavy atom. The maximum Gasteiger partial charge on any atom is 0.266 e. The van der Waals surface area contributed by atoms with Crippen LogP contribution in [0.4, 0.5) is 5.13 Å². The lowest BCUT2D eigenvalue weighted by Crippen LogP contribution is -2.30. The number of anilines is 1. The van der Waals surface area contributed by atoms with Crippen molar-refractivity contribution in [3.63, 3.8) is 0 Å². The van der Waals surface area contributed by atoms with E-state index in [1.165, 1.54) is 28.0 Å². The summed E-state index contributed by atoms with van der Waals surface area (Å²) in [5.74, 6) is 0.344. The maximum absolute atomic E-state index is 12.4. The van der Waals surface area contributed by atoms with E-state index in [4.69, 9.17) is 16.3 Å². The Morgan fingerprint density at radius 3 is 2.41 bits per heavy atom. The number of aromatic nitrogens is 1. The zero-order valence-electron chi connectivity index (χ0n) is 15.7. The second kappa shape index (κ2) is 8.11. The molecule has 0 aliphatic rings. The number of nitrogens with one attached hydrogen (secondary N) is 1. The van der Waals surface area contributed by atoms with Crippen molar-refractivity contribution in [2.24, 2.45) is 0 Å². The highest BCUT2D eigenvalue weighted by molar-refractivity contribution is 7.14. The summed E-state index contributed by atoms with van der Waals surface area (Å²) in [4.78, 5) is 17.0. The molecule has 0 unspecified atom stereocenters. The molecule has 6 heteroatoms. The third-order valence-corrected chi connectivity index (χ3v) is 5.17. The molecule has 0 saturated heterocycles. The van der Waals surface area contributed by atoms with Gasteiger partial charge in [-0.2, -0.15) is 0 Å². The molecule has 0 saturated carbocycles. The van der Waals surface area contributed by atoms with Gasteiger partial charge >= 0.3 is 0 Å². The van der Waals surface area contributed by atoms with Crippen LogP contribution in [0.25, 0.3) is 11.3 Å². The molecule has 2 aromatic carbocycles. The molecule has 140 valence electrons. The van der Waals surface area contributed by atoms with Crippen LogP contribution in [-0.2, 0) is 4.79 Å². The van der Waals surface area contributed by atoms with Crippen LogP contribution >= 0.6 is 22.9 Å². The fraction of sp³-hybridized carbons (Fsp3) is 0.238. The topological polar surface area (TPSA) is 51.2 Å². The fourth-order valence-corrected chi connectivity index (χ4v) is 3.84. The predicted molar refractivity (Wildman–Crippen MR) is 112 cm³/mol. The highest BCUT2D eigenvalue weighted by Crippen LogP contribution is 2.31. The van der Waals surface area contributed by atoms with Crippen LogP contribution in [0.2, 0.25) is 5.02 Å². The van der Waals surface area contributed by atoms with Crippen LogP contribution in [0, 0.1) is 20.8 Å². The lowest BCUT2D eigenvalue weighted by molar-refractivity contribution is -0.122. The minimum Gasteiger partial charge on any atom is -0.481 e. The average Bonchev–Trinajstić information content (AvgIpc) is 3.04. The molecule has 1 heterocycles. The molecule has 1 N–H and O–H groups in total. The lowest BCUT2D eigenvalue weighted by atomic mass is 9.98. The second-order valence-corrected chi connectivity index (χ2v) is 7.81. The van der Waals surface area contributed by atoms with Gasteiger partial charge in [0.05, 0.1) is 5.69 Å². The zero-order valence-corrected chi connectivity index (χ0v) is 17.2. The smallest absolute Gasteiger partial charge is 0.266 e. The second-order valence-electron chi connectivity index (χ2n) is 6.51. The molecule has 0 aliphatic carbocycles. The number of aryl methyl sites for hydroxylation is 3. The number of hydrogen-bond acceptors (Lipinski definition) is 4. The van der Waals surface area contributed by atoms with E-state index in [0.29, 0.717) is 15.9 Å². The number of rotatable bonds is 5. The molecule has 0 spiro atoms. The molecule has 0 bridgehead atoms. The standard InChI is InChI=1S/C21H21ClN2O2S/c1-12-9-13(2)19(14(3)10-12)18-11-27-21(23-18)24-20(25)15(4)26-17-7-5-16(22)6-8-17/h5-11,15H,1-4H3,(H,23,24,25)/t15-/m0/s1. The van der Waals surface area contributed by atoms with Gasteiger partial charge in [0.2, 0.25) is 0 Å². The van der Waals surface area contributed by atoms with Crippen molar-refractivity contribution in [1.82, 2.24) is 4.98 Å². The molecule has 0 fully saturated rings. The van der Waals surface area contributed by atoms with Gasteiger partial charge in [0.1, 0.15) is 5.75 Å². The fourth-order valence-electron chi connectivity index (χ4n) is 3.01. The van der Waals surface area contributed by atoms with Crippen LogP contribution in [-0.4, -0.2) is 17.0 Å². The van der Waals surface area contributed by atoms with Gasteiger partial charge < -0.3 is 4.74 Å². The summed E-state index contributed by atoms with van der Waals surface area (Å²) >= 11 is 7.26. The zero-order chi connectivity index (χ0) is 19.6. The average molecular weight is 401 g/mol. The first kappa shape index (κ1) is 19.4. The Bertz CT molecular complexity index is 944. The first-order valence-corrected chi connectivity index (χ1v) is 9.86. The molecular formula is C21H21ClN2O2S. The highest BCUT2D eigenvalue weighted by atomic mass is 35.5. The molecule has 0 radical (unpaired) electrons. The SMILES string of the molecule is Cc1cc(C)c(-c2csc(NC(=O)[C@H](C)Oc3ccc(Cl)cc3)n2)c(C)c1. The Morgan fingerprint density at radius 2 is 1.78 bits per heavy atom. The summed E-state index contributed by atoms with van der Waals surface area (Å²) in [6, 6.07) is 11.2. The molecule has 3 rings (SSSR count). The molecule has 0 aliphatic heterocycles. The summed E-state index contributed by atoms with van der Waals surface area (Å²) in [5, 5.41) is 5.97. The molecule has 1 amide bonds. The van der Waals surface area contributed by atoms with Crippen molar-refractivity contribution in [3.8, 4) is 17.0 Å². The molecule has 1 aromatic heterocycles. The predicted octanol–water partition coefficient (Wildman–Crippen LogP) is 5.79. The van der Waals surface area contributed by atoms with E-state index in [2.05, 4.69) is 43.2 Å². The Kier molecular flexibility index (Phi) is 5.82. The van der Waals surface area contributed by atoms with Gasteiger partial charge in [-0.25, -0.2) is 4.98 Å². The molecule has 1 atom stereocenters. The number of nitrogens with zero attached hydrogens (tertiary/aromatic N) is 1. The summed E-state index contributed by atoms with van der Waals surface area (Å²) in [7, 11) is 0. The summed E-state index contributed by atoms with van der Waals surface area (Å²) in [6.07, 6.45) is -0.652. The van der Waals surface area contributed by atoms with Crippen molar-refractivity contribution in [2.45, 2.75) is 33.8 Å². The first-order valence-electron chi connectivity index (χ1n) is 8.60. The Labute approximate surface area is 168 Å². The summed E-state index contributed by atoms with van der Waals surface area (Å²) in [5.41, 5.74) is 5.57. The number of hydrogen-bond donors (Lipinski definition) is 1. The molecule has 27 heavy (non-hydrogen) atoms. The van der Waals surface area contributed by atoms with Crippen molar-refractivity contribution < 1.29 is 9.53 Å². The monoisotopic (exact) mass is 400 g/mol. The van der Waals surface area contributed by atoms with E-state index < -0.39 is 6.10 Å². The largest absolute Gasteiger partial charge is 0.481 e. The number of carbonyl (C=O) groups excluding carboxylic acids is 1. The van der Waals surface area contributed by atoms with Crippen molar-refractivity contribution in [3.05, 3.63) is 63.5 Å². The van der Waals surface area contributed by atoms with Crippen molar-refractivity contribution in [1.29, 1.82) is 0 Å². The molecule has 3 aromatic rings. The van der Waals surface area contributed by atoms with Crippen LogP contribution in [0.1, 0.15) is 23.6 Å². The summed E-state index contributed by atoms with van der Waals surface area (Å²) < 4.78 is 5.65. The van der Waals surface area contributed by atoms with Gasteiger partial charge in [-0.05, 0) is 63.1 Å². The van der Waals surface area contributed by atoms with E-state index in [1.807, 2.05) is 5.38 Å². The van der Waals surface area contributed by atoms with E-state index >= 15 is 0 Å². The number of benzene rings is 2. The molecule has 4 nitrogen and oxygen atoms in total. The van der Waals surface area contributed by atoms with Crippen molar-refractivity contribution >= 4 is 34.0 Å².